The SMILES string of the molecule is CCCCCCOc1c(Cl)cc(C(=O)Nc2ccc([N+](=O)[O-])cc2)cc1Cl. The molecule has 0 heterocycles. The number of non-ortho nitro benzene ring substituents is 1. The van der Waals surface area contributed by atoms with Crippen molar-refractivity contribution in [2.24, 2.45) is 0 Å². The quantitative estimate of drug-likeness (QED) is 0.307. The summed E-state index contributed by atoms with van der Waals surface area (Å²) in [5, 5.41) is 13.8. The average Bonchev–Trinajstić information content (AvgIpc) is 2.63. The molecular weight excluding hydrogens is 391 g/mol. The average molecular weight is 411 g/mol. The molecule has 1 N–H and O–H groups in total. The number of hydrogen-bond acceptors (Lipinski definition) is 4. The maximum atomic E-state index is 12.4. The number of ether oxygens (including phenoxy) is 1. The summed E-state index contributed by atoms with van der Waals surface area (Å²) in [5.74, 6) is -0.0659. The van der Waals surface area contributed by atoms with Gasteiger partial charge in [0, 0.05) is 23.4 Å². The molecule has 6 nitrogen and oxygen atoms in total. The van der Waals surface area contributed by atoms with Crippen molar-refractivity contribution in [1.29, 1.82) is 0 Å². The number of rotatable bonds is 9. The van der Waals surface area contributed by atoms with Gasteiger partial charge in [0.05, 0.1) is 21.6 Å². The molecule has 0 radical (unpaired) electrons. The molecule has 0 aliphatic carbocycles. The number of benzene rings is 2. The maximum absolute atomic E-state index is 12.4. The second-order valence-electron chi connectivity index (χ2n) is 5.94. The van der Waals surface area contributed by atoms with Crippen LogP contribution in [0.5, 0.6) is 5.75 Å². The normalized spacial score (nSPS) is 10.5. The minimum atomic E-state index is -0.508. The Labute approximate surface area is 167 Å². The van der Waals surface area contributed by atoms with Gasteiger partial charge < -0.3 is 10.1 Å². The molecule has 0 bridgehead atoms. The van der Waals surface area contributed by atoms with Crippen molar-refractivity contribution in [3.8, 4) is 5.75 Å². The van der Waals surface area contributed by atoms with Crippen LogP contribution < -0.4 is 10.1 Å². The number of anilines is 1. The summed E-state index contributed by atoms with van der Waals surface area (Å²) < 4.78 is 5.64. The Morgan fingerprint density at radius 2 is 1.74 bits per heavy atom. The predicted octanol–water partition coefficient (Wildman–Crippen LogP) is 6.11. The summed E-state index contributed by atoms with van der Waals surface area (Å²) in [6.45, 7) is 2.64. The molecule has 0 spiro atoms. The molecular formula is C19H20Cl2N2O4. The zero-order valence-corrected chi connectivity index (χ0v) is 16.3. The summed E-state index contributed by atoms with van der Waals surface area (Å²) in [7, 11) is 0. The highest BCUT2D eigenvalue weighted by Gasteiger charge is 2.15. The molecule has 0 saturated carbocycles. The fourth-order valence-electron chi connectivity index (χ4n) is 2.40. The van der Waals surface area contributed by atoms with Gasteiger partial charge in [0.2, 0.25) is 0 Å². The molecule has 0 fully saturated rings. The lowest BCUT2D eigenvalue weighted by molar-refractivity contribution is -0.384. The van der Waals surface area contributed by atoms with Crippen LogP contribution in [0.2, 0.25) is 10.0 Å². The van der Waals surface area contributed by atoms with E-state index in [1.807, 2.05) is 0 Å². The van der Waals surface area contributed by atoms with E-state index in [-0.39, 0.29) is 21.3 Å². The number of hydrogen-bond donors (Lipinski definition) is 1. The summed E-state index contributed by atoms with van der Waals surface area (Å²) >= 11 is 12.4. The lowest BCUT2D eigenvalue weighted by Crippen LogP contribution is -2.12. The van der Waals surface area contributed by atoms with E-state index >= 15 is 0 Å². The monoisotopic (exact) mass is 410 g/mol. The van der Waals surface area contributed by atoms with Gasteiger partial charge in [-0.15, -0.1) is 0 Å². The highest BCUT2D eigenvalue weighted by molar-refractivity contribution is 6.37. The Kier molecular flexibility index (Phi) is 7.88. The molecule has 144 valence electrons. The smallest absolute Gasteiger partial charge is 0.269 e. The van der Waals surface area contributed by atoms with E-state index in [0.717, 1.165) is 25.7 Å². The first-order valence-corrected chi connectivity index (χ1v) is 9.35. The molecule has 8 heteroatoms. The number of halogens is 2. The number of nitro groups is 1. The van der Waals surface area contributed by atoms with Gasteiger partial charge in [0.25, 0.3) is 11.6 Å². The first-order valence-electron chi connectivity index (χ1n) is 8.60. The van der Waals surface area contributed by atoms with Crippen LogP contribution in [-0.4, -0.2) is 17.4 Å². The maximum Gasteiger partial charge on any atom is 0.269 e. The summed E-state index contributed by atoms with van der Waals surface area (Å²) in [6.07, 6.45) is 4.26. The highest BCUT2D eigenvalue weighted by atomic mass is 35.5. The van der Waals surface area contributed by atoms with Crippen molar-refractivity contribution in [3.05, 3.63) is 62.1 Å². The molecule has 0 aliphatic heterocycles. The van der Waals surface area contributed by atoms with Gasteiger partial charge in [-0.2, -0.15) is 0 Å². The van der Waals surface area contributed by atoms with E-state index in [1.165, 1.54) is 36.4 Å². The van der Waals surface area contributed by atoms with Crippen LogP contribution in [0.25, 0.3) is 0 Å². The molecule has 27 heavy (non-hydrogen) atoms. The third-order valence-corrected chi connectivity index (χ3v) is 4.40. The van der Waals surface area contributed by atoms with E-state index in [1.54, 1.807) is 0 Å². The minimum absolute atomic E-state index is 0.0560. The Bertz CT molecular complexity index is 787. The number of nitrogens with zero attached hydrogens (tertiary/aromatic N) is 1. The molecule has 0 aromatic heterocycles. The molecule has 0 aliphatic rings. The van der Waals surface area contributed by atoms with Crippen LogP contribution in [0.4, 0.5) is 11.4 Å². The number of carbonyl (C=O) groups excluding carboxylic acids is 1. The van der Waals surface area contributed by atoms with Crippen molar-refractivity contribution in [2.45, 2.75) is 32.6 Å². The van der Waals surface area contributed by atoms with Crippen molar-refractivity contribution in [1.82, 2.24) is 0 Å². The molecule has 0 atom stereocenters. The first-order chi connectivity index (χ1) is 12.9. The van der Waals surface area contributed by atoms with E-state index in [0.29, 0.717) is 18.0 Å². The second kappa shape index (κ2) is 10.1. The third-order valence-electron chi connectivity index (χ3n) is 3.84. The number of nitro benzene ring substituents is 1. The molecule has 2 aromatic rings. The van der Waals surface area contributed by atoms with Crippen LogP contribution >= 0.6 is 23.2 Å². The van der Waals surface area contributed by atoms with E-state index < -0.39 is 10.8 Å². The van der Waals surface area contributed by atoms with E-state index in [4.69, 9.17) is 27.9 Å². The first kappa shape index (κ1) is 21.0. The zero-order valence-electron chi connectivity index (χ0n) is 14.8. The van der Waals surface area contributed by atoms with Crippen LogP contribution in [0.15, 0.2) is 36.4 Å². The van der Waals surface area contributed by atoms with Crippen LogP contribution in [-0.2, 0) is 0 Å². The van der Waals surface area contributed by atoms with Gasteiger partial charge >= 0.3 is 0 Å². The Hall–Kier alpha value is -2.31. The summed E-state index contributed by atoms with van der Waals surface area (Å²) in [4.78, 5) is 22.5. The van der Waals surface area contributed by atoms with Crippen LogP contribution in [0, 0.1) is 10.1 Å². The molecule has 2 rings (SSSR count). The van der Waals surface area contributed by atoms with Crippen molar-refractivity contribution in [2.75, 3.05) is 11.9 Å². The van der Waals surface area contributed by atoms with Crippen molar-refractivity contribution < 1.29 is 14.5 Å². The van der Waals surface area contributed by atoms with E-state index in [9.17, 15) is 14.9 Å². The minimum Gasteiger partial charge on any atom is -0.490 e. The van der Waals surface area contributed by atoms with Gasteiger partial charge in [-0.05, 0) is 30.7 Å². The van der Waals surface area contributed by atoms with Gasteiger partial charge in [-0.1, -0.05) is 49.4 Å². The van der Waals surface area contributed by atoms with Crippen LogP contribution in [0.1, 0.15) is 43.0 Å². The number of nitrogens with one attached hydrogen (secondary N) is 1. The van der Waals surface area contributed by atoms with Crippen LogP contribution in [0.3, 0.4) is 0 Å². The second-order valence-corrected chi connectivity index (χ2v) is 6.75. The summed E-state index contributed by atoms with van der Waals surface area (Å²) in [6, 6.07) is 8.49. The number of amides is 1. The molecule has 0 saturated heterocycles. The lowest BCUT2D eigenvalue weighted by atomic mass is 10.2. The van der Waals surface area contributed by atoms with Gasteiger partial charge in [-0.3, -0.25) is 14.9 Å². The topological polar surface area (TPSA) is 81.5 Å². The van der Waals surface area contributed by atoms with Gasteiger partial charge in [0.15, 0.2) is 5.75 Å². The number of unbranched alkanes of at least 4 members (excludes halogenated alkanes) is 3. The van der Waals surface area contributed by atoms with Gasteiger partial charge in [0.1, 0.15) is 0 Å². The standard InChI is InChI=1S/C19H20Cl2N2O4/c1-2-3-4-5-10-27-18-16(20)11-13(12-17(18)21)19(24)22-14-6-8-15(9-7-14)23(25)26/h6-9,11-12H,2-5,10H2,1H3,(H,22,24). The fourth-order valence-corrected chi connectivity index (χ4v) is 3.00. The van der Waals surface area contributed by atoms with E-state index in [2.05, 4.69) is 12.2 Å². The Morgan fingerprint density at radius 1 is 1.11 bits per heavy atom. The molecule has 2 aromatic carbocycles. The van der Waals surface area contributed by atoms with Gasteiger partial charge in [-0.25, -0.2) is 0 Å². The Morgan fingerprint density at radius 3 is 2.30 bits per heavy atom. The zero-order chi connectivity index (χ0) is 19.8. The largest absolute Gasteiger partial charge is 0.490 e. The molecule has 0 unspecified atom stereocenters. The Balaban J connectivity index is 2.03. The third kappa shape index (κ3) is 6.12. The van der Waals surface area contributed by atoms with Crippen molar-refractivity contribution in [3.63, 3.8) is 0 Å². The molecule has 1 amide bonds. The highest BCUT2D eigenvalue weighted by Crippen LogP contribution is 2.34. The fraction of sp³-hybridized carbons (Fsp3) is 0.316. The predicted molar refractivity (Wildman–Crippen MR) is 107 cm³/mol. The van der Waals surface area contributed by atoms with Crippen molar-refractivity contribution >= 4 is 40.5 Å². The number of carbonyl (C=O) groups is 1. The summed E-state index contributed by atoms with van der Waals surface area (Å²) in [5.41, 5.74) is 0.635. The lowest BCUT2D eigenvalue weighted by Gasteiger charge is -2.12.